The highest BCUT2D eigenvalue weighted by Crippen LogP contribution is 2.22. The van der Waals surface area contributed by atoms with Crippen molar-refractivity contribution in [3.05, 3.63) is 0 Å². The molecule has 0 aliphatic heterocycles. The van der Waals surface area contributed by atoms with Crippen LogP contribution in [-0.4, -0.2) is 36.7 Å². The molecular weight excluding hydrogens is 198 g/mol. The summed E-state index contributed by atoms with van der Waals surface area (Å²) >= 11 is 0. The van der Waals surface area contributed by atoms with E-state index in [2.05, 4.69) is 5.32 Å². The van der Waals surface area contributed by atoms with E-state index in [4.69, 9.17) is 9.84 Å². The topological polar surface area (TPSA) is 75.6 Å². The molecule has 88 valence electrons. The van der Waals surface area contributed by atoms with Gasteiger partial charge in [0.1, 0.15) is 0 Å². The maximum Gasteiger partial charge on any atom is 0.309 e. The second-order valence-electron chi connectivity index (χ2n) is 4.25. The van der Waals surface area contributed by atoms with Crippen LogP contribution < -0.4 is 5.32 Å². The minimum absolute atomic E-state index is 0.182. The number of carboxylic acid groups (broad SMARTS) is 1. The van der Waals surface area contributed by atoms with Gasteiger partial charge in [0.15, 0.2) is 0 Å². The van der Waals surface area contributed by atoms with Crippen LogP contribution in [0.1, 0.15) is 27.2 Å². The number of nitrogens with one attached hydrogen (secondary N) is 1. The van der Waals surface area contributed by atoms with E-state index in [1.54, 1.807) is 13.8 Å². The third-order valence-corrected chi connectivity index (χ3v) is 2.11. The molecule has 2 N–H and O–H groups in total. The molecule has 0 rings (SSSR count). The first kappa shape index (κ1) is 13.9. The largest absolute Gasteiger partial charge is 0.481 e. The third kappa shape index (κ3) is 5.37. The van der Waals surface area contributed by atoms with Crippen LogP contribution in [0.4, 0.5) is 0 Å². The van der Waals surface area contributed by atoms with Crippen LogP contribution >= 0.6 is 0 Å². The first-order valence-corrected chi connectivity index (χ1v) is 4.79. The molecule has 0 aromatic carbocycles. The molecule has 5 heteroatoms. The lowest BCUT2D eigenvalue weighted by Crippen LogP contribution is -2.41. The third-order valence-electron chi connectivity index (χ3n) is 2.11. The van der Waals surface area contributed by atoms with Crippen molar-refractivity contribution in [3.63, 3.8) is 0 Å². The predicted octanol–water partition coefficient (Wildman–Crippen LogP) is 0.638. The smallest absolute Gasteiger partial charge is 0.309 e. The van der Waals surface area contributed by atoms with Gasteiger partial charge in [-0.25, -0.2) is 0 Å². The van der Waals surface area contributed by atoms with Gasteiger partial charge in [0, 0.05) is 14.0 Å². The highest BCUT2D eigenvalue weighted by atomic mass is 16.5. The number of amides is 1. The fraction of sp³-hybridized carbons (Fsp3) is 0.800. The molecule has 1 amide bonds. The molecule has 0 aromatic heterocycles. The molecular formula is C10H19NO4. The summed E-state index contributed by atoms with van der Waals surface area (Å²) in [7, 11) is 1.52. The minimum atomic E-state index is -0.881. The molecule has 0 aliphatic rings. The van der Waals surface area contributed by atoms with Crippen molar-refractivity contribution in [2.75, 3.05) is 13.7 Å². The second-order valence-corrected chi connectivity index (χ2v) is 4.25. The molecule has 5 nitrogen and oxygen atoms in total. The Labute approximate surface area is 89.8 Å². The first-order chi connectivity index (χ1) is 6.79. The number of carbonyl (C=O) groups excluding carboxylic acids is 1. The van der Waals surface area contributed by atoms with Crippen LogP contribution in [0.15, 0.2) is 0 Å². The van der Waals surface area contributed by atoms with Crippen molar-refractivity contribution in [2.24, 2.45) is 5.41 Å². The van der Waals surface area contributed by atoms with Gasteiger partial charge < -0.3 is 15.2 Å². The van der Waals surface area contributed by atoms with Crippen LogP contribution in [0.3, 0.4) is 0 Å². The highest BCUT2D eigenvalue weighted by Gasteiger charge is 2.30. The van der Waals surface area contributed by atoms with Gasteiger partial charge in [-0.1, -0.05) is 0 Å². The van der Waals surface area contributed by atoms with Gasteiger partial charge in [-0.2, -0.15) is 0 Å². The summed E-state index contributed by atoms with van der Waals surface area (Å²) in [5.41, 5.74) is -0.869. The quantitative estimate of drug-likeness (QED) is 0.684. The van der Waals surface area contributed by atoms with Gasteiger partial charge in [0.05, 0.1) is 18.1 Å². The summed E-state index contributed by atoms with van der Waals surface area (Å²) in [5, 5.41) is 11.6. The van der Waals surface area contributed by atoms with E-state index in [1.807, 2.05) is 0 Å². The lowest BCUT2D eigenvalue weighted by atomic mass is 9.86. The van der Waals surface area contributed by atoms with Crippen LogP contribution in [0.5, 0.6) is 0 Å². The van der Waals surface area contributed by atoms with Crippen LogP contribution in [-0.2, 0) is 14.3 Å². The summed E-state index contributed by atoms with van der Waals surface area (Å²) in [6.45, 7) is 4.96. The molecule has 0 aliphatic carbocycles. The maximum atomic E-state index is 10.9. The second kappa shape index (κ2) is 5.70. The maximum absolute atomic E-state index is 10.9. The summed E-state index contributed by atoms with van der Waals surface area (Å²) in [6.07, 6.45) is 0.343. The molecule has 1 unspecified atom stereocenters. The number of rotatable bonds is 6. The van der Waals surface area contributed by atoms with Gasteiger partial charge in [-0.15, -0.1) is 0 Å². The van der Waals surface area contributed by atoms with E-state index in [0.29, 0.717) is 13.0 Å². The molecule has 0 bridgehead atoms. The summed E-state index contributed by atoms with van der Waals surface area (Å²) < 4.78 is 4.92. The van der Waals surface area contributed by atoms with Gasteiger partial charge in [-0.05, 0) is 20.3 Å². The Bertz CT molecular complexity index is 238. The monoisotopic (exact) mass is 217 g/mol. The molecule has 0 saturated heterocycles. The molecule has 0 radical (unpaired) electrons. The Kier molecular flexibility index (Phi) is 5.28. The zero-order chi connectivity index (χ0) is 12.1. The van der Waals surface area contributed by atoms with Crippen LogP contribution in [0.25, 0.3) is 0 Å². The number of methoxy groups -OCH3 is 1. The Balaban J connectivity index is 4.39. The van der Waals surface area contributed by atoms with Crippen LogP contribution in [0, 0.1) is 5.41 Å². The number of carbonyl (C=O) groups is 2. The average molecular weight is 217 g/mol. The molecule has 0 saturated carbocycles. The zero-order valence-corrected chi connectivity index (χ0v) is 9.66. The summed E-state index contributed by atoms with van der Waals surface area (Å²) in [5.74, 6) is -1.06. The number of ether oxygens (including phenoxy) is 1. The number of aliphatic carboxylic acids is 1. The number of hydrogen-bond acceptors (Lipinski definition) is 3. The van der Waals surface area contributed by atoms with E-state index in [9.17, 15) is 9.59 Å². The van der Waals surface area contributed by atoms with E-state index in [-0.39, 0.29) is 11.9 Å². The summed E-state index contributed by atoms with van der Waals surface area (Å²) in [6, 6.07) is -0.265. The minimum Gasteiger partial charge on any atom is -0.481 e. The Morgan fingerprint density at radius 3 is 2.33 bits per heavy atom. The molecule has 0 spiro atoms. The van der Waals surface area contributed by atoms with Gasteiger partial charge in [0.2, 0.25) is 5.91 Å². The Hall–Kier alpha value is -1.10. The average Bonchev–Trinajstić information content (AvgIpc) is 2.01. The van der Waals surface area contributed by atoms with Crippen molar-refractivity contribution in [1.29, 1.82) is 0 Å². The lowest BCUT2D eigenvalue weighted by Gasteiger charge is -2.25. The van der Waals surface area contributed by atoms with E-state index in [0.717, 1.165) is 0 Å². The first-order valence-electron chi connectivity index (χ1n) is 4.79. The van der Waals surface area contributed by atoms with Crippen LogP contribution in [0.2, 0.25) is 0 Å². The van der Waals surface area contributed by atoms with Crippen molar-refractivity contribution in [3.8, 4) is 0 Å². The van der Waals surface area contributed by atoms with Gasteiger partial charge >= 0.3 is 5.97 Å². The van der Waals surface area contributed by atoms with Gasteiger partial charge in [-0.3, -0.25) is 9.59 Å². The number of carboxylic acids is 1. The molecule has 1 atom stereocenters. The fourth-order valence-electron chi connectivity index (χ4n) is 1.34. The normalized spacial score (nSPS) is 13.3. The van der Waals surface area contributed by atoms with E-state index < -0.39 is 11.4 Å². The standard InChI is InChI=1S/C10H19NO4/c1-7(12)11-8(6-15-4)5-10(2,3)9(13)14/h8H,5-6H2,1-4H3,(H,11,12)(H,13,14). The van der Waals surface area contributed by atoms with Gasteiger partial charge in [0.25, 0.3) is 0 Å². The van der Waals surface area contributed by atoms with E-state index >= 15 is 0 Å². The Morgan fingerprint density at radius 2 is 2.00 bits per heavy atom. The highest BCUT2D eigenvalue weighted by molar-refractivity contribution is 5.75. The summed E-state index contributed by atoms with van der Waals surface area (Å²) in [4.78, 5) is 21.8. The predicted molar refractivity (Wildman–Crippen MR) is 55.5 cm³/mol. The van der Waals surface area contributed by atoms with Crippen molar-refractivity contribution < 1.29 is 19.4 Å². The molecule has 0 aromatic rings. The number of hydrogen-bond donors (Lipinski definition) is 2. The van der Waals surface area contributed by atoms with Crippen molar-refractivity contribution in [1.82, 2.24) is 5.32 Å². The van der Waals surface area contributed by atoms with Crippen molar-refractivity contribution >= 4 is 11.9 Å². The van der Waals surface area contributed by atoms with Crippen molar-refractivity contribution in [2.45, 2.75) is 33.2 Å². The zero-order valence-electron chi connectivity index (χ0n) is 9.66. The molecule has 0 heterocycles. The Morgan fingerprint density at radius 1 is 1.47 bits per heavy atom. The molecule has 0 fully saturated rings. The SMILES string of the molecule is COCC(CC(C)(C)C(=O)O)NC(C)=O. The molecule has 15 heavy (non-hydrogen) atoms. The fourth-order valence-corrected chi connectivity index (χ4v) is 1.34. The van der Waals surface area contributed by atoms with E-state index in [1.165, 1.54) is 14.0 Å². The lowest BCUT2D eigenvalue weighted by molar-refractivity contribution is -0.148.